The van der Waals surface area contributed by atoms with E-state index in [1.807, 2.05) is 12.4 Å². The van der Waals surface area contributed by atoms with E-state index in [1.165, 1.54) is 0 Å². The molecule has 0 fully saturated rings. The maximum Gasteiger partial charge on any atom is 0.286 e. The fourth-order valence-electron chi connectivity index (χ4n) is 2.57. The van der Waals surface area contributed by atoms with Crippen LogP contribution in [0.15, 0.2) is 12.4 Å². The van der Waals surface area contributed by atoms with Crippen LogP contribution in [0, 0.1) is 0 Å². The summed E-state index contributed by atoms with van der Waals surface area (Å²) >= 11 is 0. The molecule has 0 saturated carbocycles. The van der Waals surface area contributed by atoms with E-state index < -0.39 is 0 Å². The number of aliphatic hydroxyl groups excluding tert-OH is 1. The second-order valence-electron chi connectivity index (χ2n) is 6.36. The van der Waals surface area contributed by atoms with Crippen LogP contribution in [0.2, 0.25) is 0 Å². The van der Waals surface area contributed by atoms with Gasteiger partial charge in [-0.15, -0.1) is 0 Å². The summed E-state index contributed by atoms with van der Waals surface area (Å²) in [7, 11) is 1.69. The highest BCUT2D eigenvalue weighted by atomic mass is 16.6. The van der Waals surface area contributed by atoms with Crippen LogP contribution in [-0.4, -0.2) is 89.9 Å². The molecule has 0 aliphatic rings. The standard InChI is InChI=1S/C20H38N2O7/c1-3-4-6-22-7-5-21-20(22)19(24-2)18-29-17-16-28-15-14-27-13-12-26-11-10-25-9-8-23/h5,7,19,23H,3-4,6,8-18H2,1-2H3/p+1. The minimum Gasteiger partial charge on any atom is -0.394 e. The number of ether oxygens (including phenoxy) is 6. The molecule has 2 N–H and O–H groups in total. The molecule has 0 bridgehead atoms. The molecule has 1 atom stereocenters. The quantitative estimate of drug-likeness (QED) is 0.225. The van der Waals surface area contributed by atoms with Crippen molar-refractivity contribution < 1.29 is 38.1 Å². The lowest BCUT2D eigenvalue weighted by molar-refractivity contribution is -0.707. The number of aromatic nitrogens is 2. The molecule has 1 aromatic rings. The number of imidazole rings is 1. The SMILES string of the molecule is CCCC[n+]1cc[nH]c1C(COCCOCCOCCOCCOCCO)OC. The number of nitrogens with zero attached hydrogens (tertiary/aromatic N) is 1. The Hall–Kier alpha value is -1.07. The number of nitrogens with one attached hydrogen (secondary N) is 1. The number of hydrogen-bond acceptors (Lipinski definition) is 7. The van der Waals surface area contributed by atoms with Crippen LogP contribution < -0.4 is 4.57 Å². The Labute approximate surface area is 174 Å². The summed E-state index contributed by atoms with van der Waals surface area (Å²) in [4.78, 5) is 3.25. The Bertz CT molecular complexity index is 473. The van der Waals surface area contributed by atoms with Crippen LogP contribution in [0.5, 0.6) is 0 Å². The monoisotopic (exact) mass is 419 g/mol. The summed E-state index contributed by atoms with van der Waals surface area (Å²) in [6.07, 6.45) is 6.12. The van der Waals surface area contributed by atoms with E-state index in [0.29, 0.717) is 66.1 Å². The van der Waals surface area contributed by atoms with E-state index in [-0.39, 0.29) is 12.7 Å². The lowest BCUT2D eigenvalue weighted by atomic mass is 10.3. The van der Waals surface area contributed by atoms with Crippen molar-refractivity contribution >= 4 is 0 Å². The van der Waals surface area contributed by atoms with Crippen molar-refractivity contribution in [3.8, 4) is 0 Å². The number of hydrogen-bond donors (Lipinski definition) is 2. The molecular weight excluding hydrogens is 380 g/mol. The predicted octanol–water partition coefficient (Wildman–Crippen LogP) is 0.865. The summed E-state index contributed by atoms with van der Waals surface area (Å²) in [5.41, 5.74) is 0. The topological polar surface area (TPSA) is 95.3 Å². The van der Waals surface area contributed by atoms with E-state index in [2.05, 4.69) is 16.5 Å². The molecule has 0 aliphatic heterocycles. The van der Waals surface area contributed by atoms with E-state index in [9.17, 15) is 0 Å². The Morgan fingerprint density at radius 2 is 1.45 bits per heavy atom. The lowest BCUT2D eigenvalue weighted by Crippen LogP contribution is -2.38. The third kappa shape index (κ3) is 13.0. The van der Waals surface area contributed by atoms with Crippen molar-refractivity contribution in [1.82, 2.24) is 4.98 Å². The van der Waals surface area contributed by atoms with Gasteiger partial charge in [0.2, 0.25) is 0 Å². The zero-order valence-electron chi connectivity index (χ0n) is 18.0. The Morgan fingerprint density at radius 3 is 1.97 bits per heavy atom. The predicted molar refractivity (Wildman–Crippen MR) is 107 cm³/mol. The van der Waals surface area contributed by atoms with Crippen molar-refractivity contribution in [3.05, 3.63) is 18.2 Å². The van der Waals surface area contributed by atoms with Crippen molar-refractivity contribution in [2.75, 3.05) is 79.8 Å². The maximum atomic E-state index is 8.55. The summed E-state index contributed by atoms with van der Waals surface area (Å²) in [5.74, 6) is 1.03. The number of H-pyrrole nitrogens is 1. The van der Waals surface area contributed by atoms with Crippen LogP contribution in [-0.2, 0) is 35.0 Å². The Balaban J connectivity index is 1.95. The van der Waals surface area contributed by atoms with Gasteiger partial charge in [-0.2, -0.15) is 0 Å². The Kier molecular flexibility index (Phi) is 16.9. The number of unbranched alkanes of at least 4 members (excludes halogenated alkanes) is 1. The molecule has 0 aromatic carbocycles. The summed E-state index contributed by atoms with van der Waals surface area (Å²) < 4.78 is 34.8. The second-order valence-corrected chi connectivity index (χ2v) is 6.36. The molecule has 0 spiro atoms. The van der Waals surface area contributed by atoms with E-state index in [1.54, 1.807) is 7.11 Å². The number of methoxy groups -OCH3 is 1. The van der Waals surface area contributed by atoms with Crippen LogP contribution in [0.1, 0.15) is 31.7 Å². The Morgan fingerprint density at radius 1 is 0.897 bits per heavy atom. The van der Waals surface area contributed by atoms with Crippen molar-refractivity contribution in [3.63, 3.8) is 0 Å². The highest BCUT2D eigenvalue weighted by Gasteiger charge is 2.22. The van der Waals surface area contributed by atoms with E-state index in [0.717, 1.165) is 25.2 Å². The summed E-state index contributed by atoms with van der Waals surface area (Å²) in [6.45, 7) is 8.08. The molecule has 1 unspecified atom stereocenters. The molecule has 1 aromatic heterocycles. The van der Waals surface area contributed by atoms with Crippen LogP contribution in [0.3, 0.4) is 0 Å². The van der Waals surface area contributed by atoms with E-state index >= 15 is 0 Å². The van der Waals surface area contributed by atoms with Gasteiger partial charge in [-0.25, -0.2) is 9.55 Å². The third-order valence-corrected chi connectivity index (χ3v) is 4.13. The minimum absolute atomic E-state index is 0.0347. The molecule has 9 nitrogen and oxygen atoms in total. The maximum absolute atomic E-state index is 8.55. The third-order valence-electron chi connectivity index (χ3n) is 4.13. The van der Waals surface area contributed by atoms with Gasteiger partial charge in [-0.05, 0) is 6.42 Å². The van der Waals surface area contributed by atoms with Crippen LogP contribution >= 0.6 is 0 Å². The molecule has 1 rings (SSSR count). The zero-order chi connectivity index (χ0) is 21.0. The highest BCUT2D eigenvalue weighted by molar-refractivity contribution is 4.84. The number of aromatic amines is 1. The summed E-state index contributed by atoms with van der Waals surface area (Å²) in [6, 6.07) is 0. The van der Waals surface area contributed by atoms with Crippen LogP contribution in [0.4, 0.5) is 0 Å². The van der Waals surface area contributed by atoms with Gasteiger partial charge in [0.25, 0.3) is 5.82 Å². The molecule has 1 heterocycles. The van der Waals surface area contributed by atoms with Gasteiger partial charge < -0.3 is 33.5 Å². The first-order valence-corrected chi connectivity index (χ1v) is 10.4. The van der Waals surface area contributed by atoms with E-state index in [4.69, 9.17) is 33.5 Å². The molecule has 0 amide bonds. The van der Waals surface area contributed by atoms with Gasteiger partial charge in [-0.3, -0.25) is 0 Å². The normalized spacial score (nSPS) is 12.5. The van der Waals surface area contributed by atoms with Gasteiger partial charge in [-0.1, -0.05) is 13.3 Å². The largest absolute Gasteiger partial charge is 0.394 e. The number of aryl methyl sites for hydroxylation is 1. The van der Waals surface area contributed by atoms with Gasteiger partial charge in [0.15, 0.2) is 6.10 Å². The first-order chi connectivity index (χ1) is 14.3. The van der Waals surface area contributed by atoms with Crippen molar-refractivity contribution in [2.45, 2.75) is 32.4 Å². The average Bonchev–Trinajstić information content (AvgIpc) is 3.20. The molecule has 29 heavy (non-hydrogen) atoms. The van der Waals surface area contributed by atoms with Crippen LogP contribution in [0.25, 0.3) is 0 Å². The molecule has 0 radical (unpaired) electrons. The fraction of sp³-hybridized carbons (Fsp3) is 0.850. The first-order valence-electron chi connectivity index (χ1n) is 10.4. The van der Waals surface area contributed by atoms with Gasteiger partial charge in [0.1, 0.15) is 12.4 Å². The average molecular weight is 420 g/mol. The second kappa shape index (κ2) is 18.9. The molecular formula is C20H39N2O7+. The van der Waals surface area contributed by atoms with Crippen molar-refractivity contribution in [2.24, 2.45) is 0 Å². The molecule has 9 heteroatoms. The lowest BCUT2D eigenvalue weighted by Gasteiger charge is -2.13. The molecule has 0 saturated heterocycles. The molecule has 0 aliphatic carbocycles. The minimum atomic E-state index is -0.126. The smallest absolute Gasteiger partial charge is 0.286 e. The zero-order valence-corrected chi connectivity index (χ0v) is 18.0. The first kappa shape index (κ1) is 26.0. The van der Waals surface area contributed by atoms with Gasteiger partial charge in [0, 0.05) is 7.11 Å². The van der Waals surface area contributed by atoms with Gasteiger partial charge >= 0.3 is 0 Å². The number of aliphatic hydroxyl groups is 1. The fourth-order valence-corrected chi connectivity index (χ4v) is 2.57. The van der Waals surface area contributed by atoms with Gasteiger partial charge in [0.05, 0.1) is 79.2 Å². The number of rotatable bonds is 21. The highest BCUT2D eigenvalue weighted by Crippen LogP contribution is 2.11. The summed E-state index contributed by atoms with van der Waals surface area (Å²) in [5, 5.41) is 8.55. The van der Waals surface area contributed by atoms with Crippen molar-refractivity contribution in [1.29, 1.82) is 0 Å². The molecule has 170 valence electrons.